The Labute approximate surface area is 310 Å². The van der Waals surface area contributed by atoms with Crippen molar-refractivity contribution >= 4 is 19.8 Å². The third-order valence-electron chi connectivity index (χ3n) is 8.31. The molecule has 0 heterocycles. The summed E-state index contributed by atoms with van der Waals surface area (Å²) in [5.41, 5.74) is 0. The van der Waals surface area contributed by atoms with E-state index in [-0.39, 0.29) is 19.4 Å². The normalized spacial score (nSPS) is 14.4. The number of aliphatic hydroxyl groups is 2. The van der Waals surface area contributed by atoms with Crippen molar-refractivity contribution in [2.24, 2.45) is 0 Å². The van der Waals surface area contributed by atoms with Crippen LogP contribution < -0.4 is 0 Å². The molecule has 298 valence electrons. The van der Waals surface area contributed by atoms with Gasteiger partial charge in [0.05, 0.1) is 19.8 Å². The number of aliphatic hydroxyl groups excluding tert-OH is 2. The molecule has 0 rings (SSSR count). The number of hydrogen-bond donors (Lipinski definition) is 3. The molecule has 0 saturated carbocycles. The van der Waals surface area contributed by atoms with Gasteiger partial charge in [-0.25, -0.2) is 4.57 Å². The number of phosphoric ester groups is 1. The average Bonchev–Trinajstić information content (AvgIpc) is 3.12. The molecule has 0 fully saturated rings. The van der Waals surface area contributed by atoms with Gasteiger partial charge >= 0.3 is 19.8 Å². The van der Waals surface area contributed by atoms with Crippen LogP contribution >= 0.6 is 7.82 Å². The van der Waals surface area contributed by atoms with Gasteiger partial charge in [-0.15, -0.1) is 0 Å². The van der Waals surface area contributed by atoms with Gasteiger partial charge < -0.3 is 24.6 Å². The number of esters is 2. The van der Waals surface area contributed by atoms with Gasteiger partial charge in [0.25, 0.3) is 0 Å². The van der Waals surface area contributed by atoms with Gasteiger partial charge in [-0.1, -0.05) is 147 Å². The van der Waals surface area contributed by atoms with E-state index in [0.29, 0.717) is 12.8 Å². The fourth-order valence-corrected chi connectivity index (χ4v) is 6.03. The van der Waals surface area contributed by atoms with Crippen molar-refractivity contribution in [3.63, 3.8) is 0 Å². The molecule has 0 aliphatic rings. The Balaban J connectivity index is 4.37. The largest absolute Gasteiger partial charge is 0.472 e. The number of ether oxygens (including phenoxy) is 2. The van der Waals surface area contributed by atoms with Crippen LogP contribution in [-0.4, -0.2) is 65.7 Å². The highest BCUT2D eigenvalue weighted by molar-refractivity contribution is 7.47. The van der Waals surface area contributed by atoms with E-state index in [2.05, 4.69) is 54.8 Å². The fraction of sp³-hybridized carbons (Fsp3) is 0.800. The zero-order chi connectivity index (χ0) is 37.7. The molecule has 0 saturated heterocycles. The minimum atomic E-state index is -4.62. The first-order valence-corrected chi connectivity index (χ1v) is 21.4. The maximum absolute atomic E-state index is 12.6. The Morgan fingerprint density at radius 2 is 1.08 bits per heavy atom. The van der Waals surface area contributed by atoms with Crippen LogP contribution in [0.25, 0.3) is 0 Å². The first-order chi connectivity index (χ1) is 24.7. The molecule has 0 spiro atoms. The minimum Gasteiger partial charge on any atom is -0.462 e. The third-order valence-corrected chi connectivity index (χ3v) is 9.26. The van der Waals surface area contributed by atoms with Crippen molar-refractivity contribution in [1.82, 2.24) is 0 Å². The van der Waals surface area contributed by atoms with E-state index in [1.165, 1.54) is 57.8 Å². The highest BCUT2D eigenvalue weighted by Gasteiger charge is 2.27. The monoisotopic (exact) mass is 744 g/mol. The summed E-state index contributed by atoms with van der Waals surface area (Å²) < 4.78 is 32.6. The van der Waals surface area contributed by atoms with Crippen LogP contribution in [0.2, 0.25) is 0 Å². The maximum atomic E-state index is 12.6. The number of carbonyl (C=O) groups is 2. The topological polar surface area (TPSA) is 149 Å². The molecular formula is C40H73O10P. The molecule has 0 aromatic rings. The number of allylic oxidation sites excluding steroid dienone is 6. The zero-order valence-corrected chi connectivity index (χ0v) is 33.0. The molecule has 0 aromatic carbocycles. The lowest BCUT2D eigenvalue weighted by Gasteiger charge is -2.20. The van der Waals surface area contributed by atoms with Crippen LogP contribution in [0.15, 0.2) is 36.5 Å². The summed E-state index contributed by atoms with van der Waals surface area (Å²) in [5.74, 6) is -0.943. The zero-order valence-electron chi connectivity index (χ0n) is 32.1. The summed E-state index contributed by atoms with van der Waals surface area (Å²) in [6.07, 6.45) is 35.4. The van der Waals surface area contributed by atoms with Crippen molar-refractivity contribution in [2.45, 2.75) is 180 Å². The second-order valence-corrected chi connectivity index (χ2v) is 14.7. The summed E-state index contributed by atoms with van der Waals surface area (Å²) in [5, 5.41) is 18.3. The lowest BCUT2D eigenvalue weighted by Crippen LogP contribution is -2.29. The van der Waals surface area contributed by atoms with Crippen LogP contribution in [0.5, 0.6) is 0 Å². The third kappa shape index (κ3) is 36.3. The van der Waals surface area contributed by atoms with E-state index < -0.39 is 51.8 Å². The molecule has 3 atom stereocenters. The van der Waals surface area contributed by atoms with Gasteiger partial charge in [0, 0.05) is 12.8 Å². The van der Waals surface area contributed by atoms with Gasteiger partial charge in [-0.3, -0.25) is 18.6 Å². The second-order valence-electron chi connectivity index (χ2n) is 13.3. The van der Waals surface area contributed by atoms with Crippen LogP contribution in [0.4, 0.5) is 0 Å². The molecule has 0 aliphatic carbocycles. The smallest absolute Gasteiger partial charge is 0.462 e. The van der Waals surface area contributed by atoms with E-state index in [0.717, 1.165) is 70.6 Å². The van der Waals surface area contributed by atoms with Crippen molar-refractivity contribution < 1.29 is 47.8 Å². The summed E-state index contributed by atoms with van der Waals surface area (Å²) in [4.78, 5) is 34.9. The number of hydrogen-bond acceptors (Lipinski definition) is 9. The van der Waals surface area contributed by atoms with Crippen LogP contribution in [0.1, 0.15) is 168 Å². The Morgan fingerprint density at radius 1 is 0.608 bits per heavy atom. The molecule has 1 unspecified atom stereocenters. The Morgan fingerprint density at radius 3 is 1.63 bits per heavy atom. The van der Waals surface area contributed by atoms with Crippen molar-refractivity contribution in [2.75, 3.05) is 26.4 Å². The van der Waals surface area contributed by atoms with Gasteiger partial charge in [-0.2, -0.15) is 0 Å². The van der Waals surface area contributed by atoms with Crippen LogP contribution in [0.3, 0.4) is 0 Å². The molecular weight excluding hydrogens is 671 g/mol. The van der Waals surface area contributed by atoms with E-state index >= 15 is 0 Å². The quantitative estimate of drug-likeness (QED) is 0.0243. The van der Waals surface area contributed by atoms with Gasteiger partial charge in [0.15, 0.2) is 6.10 Å². The average molecular weight is 745 g/mol. The lowest BCUT2D eigenvalue weighted by atomic mass is 10.0. The number of phosphoric acid groups is 1. The SMILES string of the molecule is CC/C=C\C/C=C\C/C=C\CCCCCCCC(=O)O[C@H](COC(=O)CCCCCCCCCCCCCCC)COP(=O)(O)OC[C@@H](O)CO. The predicted molar refractivity (Wildman–Crippen MR) is 205 cm³/mol. The Hall–Kier alpha value is -1.81. The Bertz CT molecular complexity index is 952. The first-order valence-electron chi connectivity index (χ1n) is 19.9. The standard InChI is InChI=1S/C40H73O10P/c1-3-5-7-9-11-13-15-17-18-20-22-24-26-28-30-32-40(44)50-38(36-49-51(45,46)48-34-37(42)33-41)35-47-39(43)31-29-27-25-23-21-19-16-14-12-10-8-6-4-2/h5,7,11,13,17-18,37-38,41-42H,3-4,6,8-10,12,14-16,19-36H2,1-2H3,(H,45,46)/b7-5-,13-11-,18-17-/t37-,38+/m0/s1. The maximum Gasteiger partial charge on any atom is 0.472 e. The molecule has 0 amide bonds. The highest BCUT2D eigenvalue weighted by Crippen LogP contribution is 2.43. The number of rotatable bonds is 37. The molecule has 0 aliphatic heterocycles. The lowest BCUT2D eigenvalue weighted by molar-refractivity contribution is -0.161. The van der Waals surface area contributed by atoms with E-state index in [9.17, 15) is 24.2 Å². The Kier molecular flexibility index (Phi) is 35.2. The van der Waals surface area contributed by atoms with Gasteiger partial charge in [0.2, 0.25) is 0 Å². The molecule has 0 bridgehead atoms. The summed E-state index contributed by atoms with van der Waals surface area (Å²) in [6, 6.07) is 0. The molecule has 10 nitrogen and oxygen atoms in total. The van der Waals surface area contributed by atoms with E-state index in [1.54, 1.807) is 0 Å². The molecule has 51 heavy (non-hydrogen) atoms. The first kappa shape index (κ1) is 49.2. The summed E-state index contributed by atoms with van der Waals surface area (Å²) in [7, 11) is -4.62. The molecule has 11 heteroatoms. The van der Waals surface area contributed by atoms with Gasteiger partial charge in [-0.05, 0) is 44.9 Å². The van der Waals surface area contributed by atoms with Crippen molar-refractivity contribution in [1.29, 1.82) is 0 Å². The van der Waals surface area contributed by atoms with Crippen molar-refractivity contribution in [3.8, 4) is 0 Å². The summed E-state index contributed by atoms with van der Waals surface area (Å²) in [6.45, 7) is 2.24. The predicted octanol–water partition coefficient (Wildman–Crippen LogP) is 10.00. The van der Waals surface area contributed by atoms with Crippen LogP contribution in [0, 0.1) is 0 Å². The summed E-state index contributed by atoms with van der Waals surface area (Å²) >= 11 is 0. The van der Waals surface area contributed by atoms with E-state index in [1.807, 2.05) is 0 Å². The minimum absolute atomic E-state index is 0.166. The molecule has 0 aromatic heterocycles. The highest BCUT2D eigenvalue weighted by atomic mass is 31.2. The van der Waals surface area contributed by atoms with Gasteiger partial charge in [0.1, 0.15) is 12.7 Å². The second kappa shape index (κ2) is 36.5. The molecule has 0 radical (unpaired) electrons. The number of carbonyl (C=O) groups excluding carboxylic acids is 2. The number of unbranched alkanes of at least 4 members (excludes halogenated alkanes) is 17. The fourth-order valence-electron chi connectivity index (χ4n) is 5.24. The van der Waals surface area contributed by atoms with Crippen LogP contribution in [-0.2, 0) is 32.7 Å². The van der Waals surface area contributed by atoms with Crippen molar-refractivity contribution in [3.05, 3.63) is 36.5 Å². The molecule has 3 N–H and O–H groups in total. The van der Waals surface area contributed by atoms with E-state index in [4.69, 9.17) is 19.1 Å².